The van der Waals surface area contributed by atoms with Crippen LogP contribution in [0.5, 0.6) is 0 Å². The highest BCUT2D eigenvalue weighted by Crippen LogP contribution is 2.49. The lowest BCUT2D eigenvalue weighted by molar-refractivity contribution is -0.124. The van der Waals surface area contributed by atoms with Crippen molar-refractivity contribution in [3.63, 3.8) is 0 Å². The molecule has 47 heavy (non-hydrogen) atoms. The topological polar surface area (TPSA) is 238 Å². The molecule has 0 aliphatic carbocycles. The van der Waals surface area contributed by atoms with Crippen molar-refractivity contribution in [2.24, 2.45) is 5.92 Å². The number of phosphoric acid groups is 1. The number of nitrogens with zero attached hydrogens (tertiary/aromatic N) is 3. The van der Waals surface area contributed by atoms with Crippen LogP contribution in [0.2, 0.25) is 0 Å². The number of rotatable bonds is 14. The van der Waals surface area contributed by atoms with Gasteiger partial charge < -0.3 is 34.9 Å². The van der Waals surface area contributed by atoms with E-state index >= 15 is 4.39 Å². The van der Waals surface area contributed by atoms with Crippen LogP contribution in [0.3, 0.4) is 0 Å². The fraction of sp³-hybridized carbons (Fsp3) is 0.667. The second-order valence-electron chi connectivity index (χ2n) is 11.6. The molecule has 262 valence electrons. The summed E-state index contributed by atoms with van der Waals surface area (Å²) in [5.74, 6) is -1.79. The van der Waals surface area contributed by atoms with Crippen LogP contribution in [0.1, 0.15) is 46.6 Å². The second kappa shape index (κ2) is 15.3. The standard InChI is InChI=1S/C27H40FN6O12P/c1-13(2)42-12-17-15(21(28)24(44-17)33-9-7-19(35)32-27(33)38)10-20(36)30-11-16-22(46-47(39,40)45-14(3)4)23(41-5)25(43-16)34-8-6-18(29)31-26(34)37/h6-9,13-17,21-25H,10-12H2,1-5H3,(H,30,36)(H,39,40)(H2,29,31,37)(H,32,35,38)/t15?,16-,17-,21?,22?,23?,24-,25-/m1/s1. The van der Waals surface area contributed by atoms with Crippen LogP contribution in [0, 0.1) is 5.92 Å². The minimum atomic E-state index is -4.70. The summed E-state index contributed by atoms with van der Waals surface area (Å²) in [5.41, 5.74) is 3.25. The summed E-state index contributed by atoms with van der Waals surface area (Å²) in [6, 6.07) is 2.38. The molecule has 2 saturated heterocycles. The highest BCUT2D eigenvalue weighted by molar-refractivity contribution is 7.47. The second-order valence-corrected chi connectivity index (χ2v) is 12.9. The van der Waals surface area contributed by atoms with Gasteiger partial charge in [-0.3, -0.25) is 32.8 Å². The van der Waals surface area contributed by atoms with Crippen molar-refractivity contribution in [2.45, 2.75) is 89.4 Å². The van der Waals surface area contributed by atoms with Crippen LogP contribution in [0.4, 0.5) is 10.2 Å². The fourth-order valence-corrected chi connectivity index (χ4v) is 6.50. The number of halogens is 1. The molecule has 2 aliphatic rings. The number of nitrogens with one attached hydrogen (secondary N) is 2. The molecule has 2 aromatic rings. The number of alkyl halides is 1. The van der Waals surface area contributed by atoms with Crippen LogP contribution in [0.15, 0.2) is 38.9 Å². The van der Waals surface area contributed by atoms with Crippen LogP contribution in [-0.4, -0.2) is 93.0 Å². The van der Waals surface area contributed by atoms with Gasteiger partial charge in [0.2, 0.25) is 5.91 Å². The first kappa shape index (κ1) is 36.5. The third-order valence-corrected chi connectivity index (χ3v) is 8.59. The quantitative estimate of drug-likeness (QED) is 0.191. The Labute approximate surface area is 267 Å². The molecule has 4 heterocycles. The van der Waals surface area contributed by atoms with E-state index in [0.717, 1.165) is 21.4 Å². The Bertz CT molecular complexity index is 1620. The van der Waals surface area contributed by atoms with Crippen LogP contribution in [0.25, 0.3) is 0 Å². The molecule has 0 saturated carbocycles. The monoisotopic (exact) mass is 690 g/mol. The highest BCUT2D eigenvalue weighted by atomic mass is 31.2. The fourth-order valence-electron chi connectivity index (χ4n) is 5.35. The summed E-state index contributed by atoms with van der Waals surface area (Å²) in [4.78, 5) is 65.9. The van der Waals surface area contributed by atoms with E-state index in [1.807, 2.05) is 4.98 Å². The number of ether oxygens (including phenoxy) is 4. The number of aromatic amines is 1. The van der Waals surface area contributed by atoms with Crippen molar-refractivity contribution in [3.05, 3.63) is 55.8 Å². The molecule has 0 spiro atoms. The number of nitrogen functional groups attached to an aromatic ring is 1. The Kier molecular flexibility index (Phi) is 11.9. The van der Waals surface area contributed by atoms with E-state index in [-0.39, 0.29) is 25.1 Å². The molecule has 2 aromatic heterocycles. The summed E-state index contributed by atoms with van der Waals surface area (Å²) in [6.07, 6.45) is -8.12. The van der Waals surface area contributed by atoms with Gasteiger partial charge in [0.1, 0.15) is 24.1 Å². The van der Waals surface area contributed by atoms with Gasteiger partial charge >= 0.3 is 19.2 Å². The predicted molar refractivity (Wildman–Crippen MR) is 161 cm³/mol. The number of carbonyl (C=O) groups excluding carboxylic acids is 1. The zero-order chi connectivity index (χ0) is 34.6. The largest absolute Gasteiger partial charge is 0.472 e. The minimum Gasteiger partial charge on any atom is -0.383 e. The Morgan fingerprint density at radius 3 is 2.40 bits per heavy atom. The molecule has 0 radical (unpaired) electrons. The summed E-state index contributed by atoms with van der Waals surface area (Å²) in [7, 11) is -3.43. The zero-order valence-electron chi connectivity index (χ0n) is 26.4. The van der Waals surface area contributed by atoms with Gasteiger partial charge in [0.25, 0.3) is 5.56 Å². The SMILES string of the molecule is COC1C(OP(=O)(O)OC(C)C)[C@@H](CNC(=O)CC2C(F)[C@H](n3ccc(=O)[nH]c3=O)O[C@@H]2COC(C)C)O[C@H]1n1ccc(N)nc1=O. The number of hydrogen-bond acceptors (Lipinski definition) is 13. The van der Waals surface area contributed by atoms with E-state index in [9.17, 15) is 28.6 Å². The van der Waals surface area contributed by atoms with Crippen LogP contribution >= 0.6 is 7.82 Å². The van der Waals surface area contributed by atoms with E-state index in [0.29, 0.717) is 0 Å². The Morgan fingerprint density at radius 1 is 1.11 bits per heavy atom. The summed E-state index contributed by atoms with van der Waals surface area (Å²) in [5, 5.41) is 2.61. The summed E-state index contributed by atoms with van der Waals surface area (Å²) >= 11 is 0. The van der Waals surface area contributed by atoms with Crippen molar-refractivity contribution in [2.75, 3.05) is 26.0 Å². The van der Waals surface area contributed by atoms with Crippen LogP contribution in [-0.2, 0) is 37.4 Å². The lowest BCUT2D eigenvalue weighted by atomic mass is 9.95. The lowest BCUT2D eigenvalue weighted by Gasteiger charge is -2.26. The van der Waals surface area contributed by atoms with Gasteiger partial charge in [0.05, 0.1) is 24.9 Å². The Hall–Kier alpha value is -3.29. The normalized spacial score (nSPS) is 29.0. The molecule has 18 nitrogen and oxygen atoms in total. The van der Waals surface area contributed by atoms with Gasteiger partial charge in [0, 0.05) is 44.5 Å². The van der Waals surface area contributed by atoms with Crippen molar-refractivity contribution in [1.82, 2.24) is 24.4 Å². The van der Waals surface area contributed by atoms with Gasteiger partial charge in [-0.15, -0.1) is 0 Å². The minimum absolute atomic E-state index is 0.0492. The number of carbonyl (C=O) groups is 1. The molecule has 5 unspecified atom stereocenters. The molecule has 0 aromatic carbocycles. The van der Waals surface area contributed by atoms with Crippen molar-refractivity contribution in [1.29, 1.82) is 0 Å². The maximum absolute atomic E-state index is 15.9. The maximum atomic E-state index is 15.9. The van der Waals surface area contributed by atoms with E-state index < -0.39 is 92.2 Å². The molecule has 4 rings (SSSR count). The first-order chi connectivity index (χ1) is 22.1. The van der Waals surface area contributed by atoms with Gasteiger partial charge in [-0.05, 0) is 33.8 Å². The third-order valence-electron chi connectivity index (χ3n) is 7.40. The molecule has 0 bridgehead atoms. The number of H-pyrrole nitrogens is 1. The maximum Gasteiger partial charge on any atom is 0.472 e. The molecule has 9 atom stereocenters. The smallest absolute Gasteiger partial charge is 0.383 e. The van der Waals surface area contributed by atoms with Gasteiger partial charge in [-0.25, -0.2) is 18.5 Å². The molecular weight excluding hydrogens is 650 g/mol. The van der Waals surface area contributed by atoms with E-state index in [1.165, 1.54) is 33.2 Å². The molecule has 1 amide bonds. The predicted octanol–water partition coefficient (Wildman–Crippen LogP) is -0.0183. The number of phosphoric ester groups is 1. The average Bonchev–Trinajstić information content (AvgIpc) is 3.45. The van der Waals surface area contributed by atoms with Crippen molar-refractivity contribution >= 4 is 19.5 Å². The number of nitrogens with two attached hydrogens (primary N) is 1. The van der Waals surface area contributed by atoms with Crippen molar-refractivity contribution in [3.8, 4) is 0 Å². The molecule has 5 N–H and O–H groups in total. The van der Waals surface area contributed by atoms with Crippen LogP contribution < -0.4 is 28.0 Å². The first-order valence-corrected chi connectivity index (χ1v) is 16.3. The molecule has 2 aliphatic heterocycles. The molecule has 2 fully saturated rings. The Morgan fingerprint density at radius 2 is 1.79 bits per heavy atom. The van der Waals surface area contributed by atoms with E-state index in [4.69, 9.17) is 33.7 Å². The number of methoxy groups -OCH3 is 1. The number of amides is 1. The third kappa shape index (κ3) is 8.99. The van der Waals surface area contributed by atoms with Gasteiger partial charge in [-0.2, -0.15) is 4.98 Å². The van der Waals surface area contributed by atoms with Gasteiger partial charge in [-0.1, -0.05) is 0 Å². The summed E-state index contributed by atoms with van der Waals surface area (Å²) in [6.45, 7) is 6.15. The number of hydrogen-bond donors (Lipinski definition) is 4. The van der Waals surface area contributed by atoms with E-state index in [2.05, 4.69) is 10.3 Å². The molecule has 20 heteroatoms. The van der Waals surface area contributed by atoms with Crippen molar-refractivity contribution < 1.29 is 46.6 Å². The van der Waals surface area contributed by atoms with E-state index in [1.54, 1.807) is 13.8 Å². The number of aromatic nitrogens is 4. The highest BCUT2D eigenvalue weighted by Gasteiger charge is 2.51. The zero-order valence-corrected chi connectivity index (χ0v) is 27.3. The first-order valence-electron chi connectivity index (χ1n) is 14.8. The summed E-state index contributed by atoms with van der Waals surface area (Å²) < 4.78 is 64.0. The number of anilines is 1. The molecular formula is C27H40FN6O12P. The Balaban J connectivity index is 1.53. The average molecular weight is 691 g/mol. The van der Waals surface area contributed by atoms with Gasteiger partial charge in [0.15, 0.2) is 18.6 Å². The lowest BCUT2D eigenvalue weighted by Crippen LogP contribution is -2.43.